The van der Waals surface area contributed by atoms with Gasteiger partial charge in [0.15, 0.2) is 0 Å². The lowest BCUT2D eigenvalue weighted by Gasteiger charge is -2.13. The molecule has 1 N–H and O–H groups in total. The van der Waals surface area contributed by atoms with Crippen LogP contribution in [-0.2, 0) is 0 Å². The molecule has 5 heteroatoms. The summed E-state index contributed by atoms with van der Waals surface area (Å²) in [6.07, 6.45) is 0.536. The molecule has 2 atom stereocenters. The fourth-order valence-electron chi connectivity index (χ4n) is 1.79. The van der Waals surface area contributed by atoms with Crippen LogP contribution < -0.4 is 10.1 Å². The molecule has 1 aromatic rings. The van der Waals surface area contributed by atoms with Crippen molar-refractivity contribution in [3.8, 4) is 5.88 Å². The molecule has 1 aromatic heterocycles. The number of hydrogen-bond donors (Lipinski definition) is 1. The van der Waals surface area contributed by atoms with E-state index in [9.17, 15) is 8.78 Å². The van der Waals surface area contributed by atoms with E-state index >= 15 is 0 Å². The Bertz CT molecular complexity index is 359. The normalized spacial score (nSPS) is 25.5. The minimum atomic E-state index is -0.886. The largest absolute Gasteiger partial charge is 0.481 e. The van der Waals surface area contributed by atoms with Gasteiger partial charge in [-0.15, -0.1) is 0 Å². The Balaban J connectivity index is 2.29. The molecule has 1 fully saturated rings. The minimum Gasteiger partial charge on any atom is -0.481 e. The number of rotatable bonds is 2. The van der Waals surface area contributed by atoms with Gasteiger partial charge in [-0.25, -0.2) is 13.8 Å². The van der Waals surface area contributed by atoms with Gasteiger partial charge in [0.25, 0.3) is 0 Å². The van der Waals surface area contributed by atoms with E-state index in [1.165, 1.54) is 13.2 Å². The second-order valence-electron chi connectivity index (χ2n) is 3.55. The summed E-state index contributed by atoms with van der Waals surface area (Å²) >= 11 is 0. The molecular weight excluding hydrogens is 202 g/mol. The van der Waals surface area contributed by atoms with Gasteiger partial charge >= 0.3 is 0 Å². The summed E-state index contributed by atoms with van der Waals surface area (Å²) in [5.41, 5.74) is 0.581. The Morgan fingerprint density at radius 3 is 3.00 bits per heavy atom. The highest BCUT2D eigenvalue weighted by Crippen LogP contribution is 2.30. The summed E-state index contributed by atoms with van der Waals surface area (Å²) < 4.78 is 31.0. The second kappa shape index (κ2) is 4.10. The number of alkyl halides is 1. The van der Waals surface area contributed by atoms with Gasteiger partial charge in [-0.2, -0.15) is 0 Å². The summed E-state index contributed by atoms with van der Waals surface area (Å²) in [4.78, 5) is 3.81. The predicted octanol–water partition coefficient (Wildman–Crippen LogP) is 1.60. The Hall–Kier alpha value is -1.23. The molecule has 0 aliphatic carbocycles. The van der Waals surface area contributed by atoms with Crippen molar-refractivity contribution < 1.29 is 13.5 Å². The molecule has 2 heterocycles. The molecule has 0 bridgehead atoms. The zero-order chi connectivity index (χ0) is 10.8. The van der Waals surface area contributed by atoms with Crippen LogP contribution in [0, 0.1) is 5.82 Å². The molecule has 1 aliphatic rings. The first-order valence-electron chi connectivity index (χ1n) is 4.77. The molecule has 2 rings (SSSR count). The summed E-state index contributed by atoms with van der Waals surface area (Å²) in [5, 5.41) is 2.96. The Kier molecular flexibility index (Phi) is 2.81. The number of pyridine rings is 1. The summed E-state index contributed by atoms with van der Waals surface area (Å²) in [6, 6.07) is 1.12. The topological polar surface area (TPSA) is 34.1 Å². The molecule has 0 radical (unpaired) electrons. The van der Waals surface area contributed by atoms with Crippen molar-refractivity contribution >= 4 is 0 Å². The summed E-state index contributed by atoms with van der Waals surface area (Å²) in [5.74, 6) is -0.0853. The van der Waals surface area contributed by atoms with Crippen molar-refractivity contribution in [2.75, 3.05) is 13.7 Å². The number of nitrogens with zero attached hydrogens (tertiary/aromatic N) is 1. The molecule has 1 saturated heterocycles. The summed E-state index contributed by atoms with van der Waals surface area (Å²) in [6.45, 7) is 0.296. The number of nitrogens with one attached hydrogen (secondary N) is 1. The summed E-state index contributed by atoms with van der Waals surface area (Å²) in [7, 11) is 1.46. The average molecular weight is 214 g/mol. The molecule has 0 saturated carbocycles. The van der Waals surface area contributed by atoms with E-state index in [-0.39, 0.29) is 6.04 Å². The van der Waals surface area contributed by atoms with E-state index < -0.39 is 12.0 Å². The fraction of sp³-hybridized carbons (Fsp3) is 0.500. The third-order valence-electron chi connectivity index (χ3n) is 2.49. The second-order valence-corrected chi connectivity index (χ2v) is 3.55. The first-order chi connectivity index (χ1) is 7.20. The molecule has 1 aliphatic heterocycles. The number of methoxy groups -OCH3 is 1. The molecule has 0 amide bonds. The third-order valence-corrected chi connectivity index (χ3v) is 2.49. The van der Waals surface area contributed by atoms with Gasteiger partial charge < -0.3 is 10.1 Å². The van der Waals surface area contributed by atoms with Crippen molar-refractivity contribution in [2.24, 2.45) is 0 Å². The molecule has 0 unspecified atom stereocenters. The Labute approximate surface area is 86.5 Å². The number of hydrogen-bond acceptors (Lipinski definition) is 3. The monoisotopic (exact) mass is 214 g/mol. The smallest absolute Gasteiger partial charge is 0.218 e. The number of halogens is 2. The van der Waals surface area contributed by atoms with Crippen molar-refractivity contribution in [3.05, 3.63) is 23.6 Å². The minimum absolute atomic E-state index is 0.210. The van der Waals surface area contributed by atoms with Gasteiger partial charge in [-0.05, 0) is 12.5 Å². The van der Waals surface area contributed by atoms with Crippen LogP contribution in [0.3, 0.4) is 0 Å². The van der Waals surface area contributed by atoms with Crippen molar-refractivity contribution in [3.63, 3.8) is 0 Å². The zero-order valence-corrected chi connectivity index (χ0v) is 8.34. The van der Waals surface area contributed by atoms with Crippen LogP contribution in [0.2, 0.25) is 0 Å². The maximum atomic E-state index is 13.0. The number of aromatic nitrogens is 1. The van der Waals surface area contributed by atoms with E-state index in [1.807, 2.05) is 0 Å². The molecule has 3 nitrogen and oxygen atoms in total. The van der Waals surface area contributed by atoms with Crippen LogP contribution in [0.1, 0.15) is 18.0 Å². The maximum absolute atomic E-state index is 13.0. The lowest BCUT2D eigenvalue weighted by atomic mass is 10.1. The molecule has 0 aromatic carbocycles. The van der Waals surface area contributed by atoms with Crippen molar-refractivity contribution in [2.45, 2.75) is 18.6 Å². The van der Waals surface area contributed by atoms with Gasteiger partial charge in [0.05, 0.1) is 13.3 Å². The zero-order valence-electron chi connectivity index (χ0n) is 8.34. The fourth-order valence-corrected chi connectivity index (χ4v) is 1.79. The van der Waals surface area contributed by atoms with E-state index in [4.69, 9.17) is 4.74 Å². The molecule has 15 heavy (non-hydrogen) atoms. The van der Waals surface area contributed by atoms with Gasteiger partial charge in [-0.1, -0.05) is 0 Å². The first-order valence-corrected chi connectivity index (χ1v) is 4.77. The van der Waals surface area contributed by atoms with E-state index in [0.29, 0.717) is 24.4 Å². The van der Waals surface area contributed by atoms with E-state index in [2.05, 4.69) is 10.3 Å². The van der Waals surface area contributed by atoms with Gasteiger partial charge in [0.1, 0.15) is 12.0 Å². The highest BCUT2D eigenvalue weighted by Gasteiger charge is 2.27. The quantitative estimate of drug-likeness (QED) is 0.812. The van der Waals surface area contributed by atoms with Crippen LogP contribution in [0.25, 0.3) is 0 Å². The van der Waals surface area contributed by atoms with Crippen LogP contribution in [0.15, 0.2) is 12.3 Å². The van der Waals surface area contributed by atoms with E-state index in [0.717, 1.165) is 6.20 Å². The predicted molar refractivity (Wildman–Crippen MR) is 51.0 cm³/mol. The lowest BCUT2D eigenvalue weighted by Crippen LogP contribution is -2.15. The van der Waals surface area contributed by atoms with Crippen LogP contribution >= 0.6 is 0 Å². The maximum Gasteiger partial charge on any atom is 0.218 e. The highest BCUT2D eigenvalue weighted by molar-refractivity contribution is 5.30. The third kappa shape index (κ3) is 2.07. The van der Waals surface area contributed by atoms with Crippen LogP contribution in [0.5, 0.6) is 5.88 Å². The van der Waals surface area contributed by atoms with Crippen LogP contribution in [0.4, 0.5) is 8.78 Å². The lowest BCUT2D eigenvalue weighted by molar-refractivity contribution is 0.352. The highest BCUT2D eigenvalue weighted by atomic mass is 19.1. The molecule has 0 spiro atoms. The number of ether oxygens (including phenoxy) is 1. The van der Waals surface area contributed by atoms with Gasteiger partial charge in [-0.3, -0.25) is 0 Å². The Morgan fingerprint density at radius 1 is 1.60 bits per heavy atom. The first kappa shape index (κ1) is 10.3. The van der Waals surface area contributed by atoms with Gasteiger partial charge in [0, 0.05) is 18.2 Å². The van der Waals surface area contributed by atoms with Crippen LogP contribution in [-0.4, -0.2) is 24.8 Å². The standard InChI is InChI=1S/C10H12F2N2O/c1-15-10-8(2-6(11)5-14-10)9-3-7(12)4-13-9/h2,5,7,9,13H,3-4H2,1H3/t7-,9+/m0/s1. The molecular formula is C10H12F2N2O. The Morgan fingerprint density at radius 2 is 2.40 bits per heavy atom. The van der Waals surface area contributed by atoms with E-state index in [1.54, 1.807) is 0 Å². The SMILES string of the molecule is COc1ncc(F)cc1[C@H]1C[C@H](F)CN1. The van der Waals surface area contributed by atoms with Crippen molar-refractivity contribution in [1.29, 1.82) is 0 Å². The van der Waals surface area contributed by atoms with Crippen molar-refractivity contribution in [1.82, 2.24) is 10.3 Å². The average Bonchev–Trinajstić information content (AvgIpc) is 2.65. The molecule has 82 valence electrons. The van der Waals surface area contributed by atoms with Gasteiger partial charge in [0.2, 0.25) is 5.88 Å².